The van der Waals surface area contributed by atoms with Crippen LogP contribution >= 0.6 is 0 Å². The third-order valence-electron chi connectivity index (χ3n) is 4.32. The van der Waals surface area contributed by atoms with E-state index >= 15 is 0 Å². The van der Waals surface area contributed by atoms with Gasteiger partial charge in [0.05, 0.1) is 0 Å². The minimum atomic E-state index is 0.908. The molecule has 0 radical (unpaired) electrons. The molecule has 0 aromatic carbocycles. The number of nitrogens with zero attached hydrogens (tertiary/aromatic N) is 1. The Kier molecular flexibility index (Phi) is 5.26. The molecule has 0 aliphatic carbocycles. The van der Waals surface area contributed by atoms with Crippen molar-refractivity contribution in [3.63, 3.8) is 0 Å². The molecule has 1 N–H and O–H groups in total. The molecule has 0 saturated carbocycles. The molecule has 3 rings (SSSR count). The van der Waals surface area contributed by atoms with Crippen LogP contribution < -0.4 is 5.32 Å². The predicted octanol–water partition coefficient (Wildman–Crippen LogP) is 1.59. The van der Waals surface area contributed by atoms with E-state index in [-0.39, 0.29) is 0 Å². The second-order valence-electron chi connectivity index (χ2n) is 5.45. The van der Waals surface area contributed by atoms with Crippen molar-refractivity contribution in [1.29, 1.82) is 0 Å². The first-order valence-electron chi connectivity index (χ1n) is 7.42. The number of fused-ring (bicyclic) bond motifs is 1. The topological polar surface area (TPSA) is 24.5 Å². The maximum Gasteiger partial charge on any atom is 0.0469 e. The Labute approximate surface area is 106 Å². The van der Waals surface area contributed by atoms with Gasteiger partial charge in [0.25, 0.3) is 0 Å². The maximum atomic E-state index is 5.41. The molecule has 0 amide bonds. The molecule has 17 heavy (non-hydrogen) atoms. The predicted molar refractivity (Wildman–Crippen MR) is 71.2 cm³/mol. The van der Waals surface area contributed by atoms with Gasteiger partial charge < -0.3 is 15.0 Å². The van der Waals surface area contributed by atoms with Crippen LogP contribution in [0, 0.1) is 17.8 Å². The van der Waals surface area contributed by atoms with Crippen LogP contribution in [0.1, 0.15) is 26.7 Å². The minimum Gasteiger partial charge on any atom is -0.381 e. The van der Waals surface area contributed by atoms with Crippen LogP contribution in [-0.4, -0.2) is 50.8 Å². The Bertz CT molecular complexity index is 204. The summed E-state index contributed by atoms with van der Waals surface area (Å²) in [5, 5.41) is 3.50. The molecule has 0 aromatic rings. The Morgan fingerprint density at radius 3 is 2.24 bits per heavy atom. The standard InChI is InChI=1S/C12H22N2O.C2H6/c1-3-15-4-2-10(1)7-14-8-11-5-13-6-12(11)9-14;1-2/h10-13H,1-9H2;1-2H3/t11-,12+;. The molecule has 0 unspecified atom stereocenters. The van der Waals surface area contributed by atoms with Gasteiger partial charge in [0.1, 0.15) is 0 Å². The zero-order valence-corrected chi connectivity index (χ0v) is 11.5. The van der Waals surface area contributed by atoms with Crippen LogP contribution in [-0.2, 0) is 4.74 Å². The molecule has 3 aliphatic heterocycles. The van der Waals surface area contributed by atoms with E-state index < -0.39 is 0 Å². The van der Waals surface area contributed by atoms with Crippen LogP contribution in [0.4, 0.5) is 0 Å². The first-order valence-corrected chi connectivity index (χ1v) is 7.42. The molecule has 100 valence electrons. The molecule has 3 fully saturated rings. The lowest BCUT2D eigenvalue weighted by Gasteiger charge is -2.27. The first-order chi connectivity index (χ1) is 8.42. The number of ether oxygens (including phenoxy) is 1. The van der Waals surface area contributed by atoms with Crippen LogP contribution in [0.5, 0.6) is 0 Å². The van der Waals surface area contributed by atoms with Gasteiger partial charge >= 0.3 is 0 Å². The summed E-state index contributed by atoms with van der Waals surface area (Å²) in [6.07, 6.45) is 2.56. The second kappa shape index (κ2) is 6.72. The van der Waals surface area contributed by atoms with Crippen molar-refractivity contribution in [3.05, 3.63) is 0 Å². The highest BCUT2D eigenvalue weighted by Crippen LogP contribution is 2.28. The van der Waals surface area contributed by atoms with Gasteiger partial charge in [0, 0.05) is 32.8 Å². The quantitative estimate of drug-likeness (QED) is 0.793. The van der Waals surface area contributed by atoms with Crippen molar-refractivity contribution in [2.45, 2.75) is 26.7 Å². The number of hydrogen-bond acceptors (Lipinski definition) is 3. The zero-order valence-electron chi connectivity index (χ0n) is 11.5. The monoisotopic (exact) mass is 240 g/mol. The highest BCUT2D eigenvalue weighted by atomic mass is 16.5. The van der Waals surface area contributed by atoms with E-state index in [1.807, 2.05) is 13.8 Å². The Morgan fingerprint density at radius 1 is 1.06 bits per heavy atom. The van der Waals surface area contributed by atoms with Crippen LogP contribution in [0.2, 0.25) is 0 Å². The van der Waals surface area contributed by atoms with Crippen molar-refractivity contribution in [1.82, 2.24) is 10.2 Å². The van der Waals surface area contributed by atoms with Gasteiger partial charge in [-0.2, -0.15) is 0 Å². The summed E-state index contributed by atoms with van der Waals surface area (Å²) in [6, 6.07) is 0. The van der Waals surface area contributed by atoms with E-state index in [0.29, 0.717) is 0 Å². The fourth-order valence-electron chi connectivity index (χ4n) is 3.40. The van der Waals surface area contributed by atoms with Crippen molar-refractivity contribution >= 4 is 0 Å². The summed E-state index contributed by atoms with van der Waals surface area (Å²) in [5.41, 5.74) is 0. The Hall–Kier alpha value is -0.120. The van der Waals surface area contributed by atoms with E-state index in [1.165, 1.54) is 45.6 Å². The van der Waals surface area contributed by atoms with E-state index in [9.17, 15) is 0 Å². The minimum absolute atomic E-state index is 0.908. The van der Waals surface area contributed by atoms with Crippen molar-refractivity contribution in [2.24, 2.45) is 17.8 Å². The zero-order chi connectivity index (χ0) is 12.1. The summed E-state index contributed by atoms with van der Waals surface area (Å²) in [6.45, 7) is 12.5. The molecule has 2 atom stereocenters. The van der Waals surface area contributed by atoms with Crippen molar-refractivity contribution in [3.8, 4) is 0 Å². The van der Waals surface area contributed by atoms with Gasteiger partial charge in [0.15, 0.2) is 0 Å². The molecular formula is C14H28N2O. The van der Waals surface area contributed by atoms with Crippen molar-refractivity contribution < 1.29 is 4.74 Å². The Balaban J connectivity index is 0.000000514. The molecular weight excluding hydrogens is 212 g/mol. The second-order valence-corrected chi connectivity index (χ2v) is 5.45. The highest BCUT2D eigenvalue weighted by Gasteiger charge is 2.36. The van der Waals surface area contributed by atoms with E-state index in [4.69, 9.17) is 4.74 Å². The molecule has 3 nitrogen and oxygen atoms in total. The smallest absolute Gasteiger partial charge is 0.0469 e. The van der Waals surface area contributed by atoms with Gasteiger partial charge in [-0.15, -0.1) is 0 Å². The maximum absolute atomic E-state index is 5.41. The lowest BCUT2D eigenvalue weighted by atomic mass is 10.00. The van der Waals surface area contributed by atoms with Gasteiger partial charge in [-0.25, -0.2) is 0 Å². The van der Waals surface area contributed by atoms with Gasteiger partial charge in [-0.05, 0) is 43.7 Å². The fourth-order valence-corrected chi connectivity index (χ4v) is 3.40. The SMILES string of the molecule is C1CC(CN2C[C@H]3CNC[C@H]3C2)CCO1.CC. The van der Waals surface area contributed by atoms with Gasteiger partial charge in [0.2, 0.25) is 0 Å². The van der Waals surface area contributed by atoms with Crippen LogP contribution in [0.3, 0.4) is 0 Å². The lowest BCUT2D eigenvalue weighted by molar-refractivity contribution is 0.0546. The first kappa shape index (κ1) is 13.3. The average Bonchev–Trinajstić information content (AvgIpc) is 2.94. The van der Waals surface area contributed by atoms with E-state index in [2.05, 4.69) is 10.2 Å². The van der Waals surface area contributed by atoms with Gasteiger partial charge in [-0.3, -0.25) is 0 Å². The average molecular weight is 240 g/mol. The summed E-state index contributed by atoms with van der Waals surface area (Å²) in [4.78, 5) is 2.70. The molecule has 3 saturated heterocycles. The highest BCUT2D eigenvalue weighted by molar-refractivity contribution is 4.91. The van der Waals surface area contributed by atoms with Crippen LogP contribution in [0.25, 0.3) is 0 Å². The lowest BCUT2D eigenvalue weighted by Crippen LogP contribution is -2.33. The number of hydrogen-bond donors (Lipinski definition) is 1. The third-order valence-corrected chi connectivity index (χ3v) is 4.32. The Morgan fingerprint density at radius 2 is 1.65 bits per heavy atom. The molecule has 0 spiro atoms. The largest absolute Gasteiger partial charge is 0.381 e. The summed E-state index contributed by atoms with van der Waals surface area (Å²) in [7, 11) is 0. The molecule has 0 aromatic heterocycles. The third kappa shape index (κ3) is 3.43. The molecule has 3 heterocycles. The normalized spacial score (nSPS) is 34.2. The van der Waals surface area contributed by atoms with Crippen LogP contribution in [0.15, 0.2) is 0 Å². The summed E-state index contributed by atoms with van der Waals surface area (Å²) < 4.78 is 5.41. The molecule has 3 heteroatoms. The van der Waals surface area contributed by atoms with E-state index in [1.54, 1.807) is 0 Å². The molecule has 0 bridgehead atoms. The summed E-state index contributed by atoms with van der Waals surface area (Å²) >= 11 is 0. The number of rotatable bonds is 2. The van der Waals surface area contributed by atoms with Crippen molar-refractivity contribution in [2.75, 3.05) is 45.9 Å². The van der Waals surface area contributed by atoms with E-state index in [0.717, 1.165) is 31.0 Å². The number of likely N-dealkylation sites (tertiary alicyclic amines) is 1. The molecule has 3 aliphatic rings. The van der Waals surface area contributed by atoms with Gasteiger partial charge in [-0.1, -0.05) is 13.8 Å². The number of nitrogens with one attached hydrogen (secondary N) is 1. The summed E-state index contributed by atoms with van der Waals surface area (Å²) in [5.74, 6) is 2.81. The fraction of sp³-hybridized carbons (Fsp3) is 1.00.